The molecule has 0 bridgehead atoms. The van der Waals surface area contributed by atoms with Gasteiger partial charge in [0.1, 0.15) is 23.6 Å². The number of halogens is 3. The first kappa shape index (κ1) is 31.0. The fourth-order valence-corrected chi connectivity index (χ4v) is 6.69. The summed E-state index contributed by atoms with van der Waals surface area (Å²) in [6.45, 7) is 5.98. The summed E-state index contributed by atoms with van der Waals surface area (Å²) in [6, 6.07) is 16.3. The average Bonchev–Trinajstić information content (AvgIpc) is 3.83. The second-order valence-electron chi connectivity index (χ2n) is 13.5. The van der Waals surface area contributed by atoms with Crippen molar-refractivity contribution in [1.29, 1.82) is 0 Å². The Balaban J connectivity index is 1.07. The number of H-pyrrole nitrogens is 1. The molecule has 3 unspecified atom stereocenters. The van der Waals surface area contributed by atoms with Gasteiger partial charge in [-0.25, -0.2) is 14.2 Å². The molecule has 3 aliphatic rings. The molecule has 1 aliphatic carbocycles. The van der Waals surface area contributed by atoms with Gasteiger partial charge in [-0.05, 0) is 79.6 Å². The molecule has 0 radical (unpaired) electrons. The number of imidazole rings is 1. The number of likely N-dealkylation sites (tertiary alicyclic amines) is 1. The van der Waals surface area contributed by atoms with Crippen molar-refractivity contribution < 1.29 is 27.5 Å². The Morgan fingerprint density at radius 3 is 2.36 bits per heavy atom. The number of amides is 2. The predicted octanol–water partition coefficient (Wildman–Crippen LogP) is 7.57. The smallest absolute Gasteiger partial charge is 0.410 e. The van der Waals surface area contributed by atoms with Crippen molar-refractivity contribution in [3.8, 4) is 33.5 Å². The summed E-state index contributed by atoms with van der Waals surface area (Å²) >= 11 is 0. The number of aromatic amines is 1. The zero-order valence-corrected chi connectivity index (χ0v) is 26.4. The molecule has 1 aromatic heterocycles. The highest BCUT2D eigenvalue weighted by atomic mass is 19.3. The monoisotopic (exact) mass is 643 g/mol. The number of carbonyl (C=O) groups excluding carboxylic acids is 2. The Hall–Kier alpha value is -4.64. The number of fused-ring (bicyclic) bond motifs is 3. The topological polar surface area (TPSA) is 99.3 Å². The Bertz CT molecular complexity index is 1850. The SMILES string of the molecule is CC(C)(C)OC(=O)N1CCCC1C(=O)Nc1ccc2c(c1)C(F)(F)c1cc(-c3ccc(-c4cnc(C5CC(F)CN5)[nH]4)cc3)ccc1-2. The summed E-state index contributed by atoms with van der Waals surface area (Å²) in [5.41, 5.74) is 3.20. The van der Waals surface area contributed by atoms with E-state index >= 15 is 8.78 Å². The fraction of sp³-hybridized carbons (Fsp3) is 0.361. The summed E-state index contributed by atoms with van der Waals surface area (Å²) < 4.78 is 51.0. The predicted molar refractivity (Wildman–Crippen MR) is 173 cm³/mol. The number of nitrogens with zero attached hydrogens (tertiary/aromatic N) is 2. The maximum Gasteiger partial charge on any atom is 0.410 e. The molecule has 0 saturated carbocycles. The first-order valence-corrected chi connectivity index (χ1v) is 15.9. The van der Waals surface area contributed by atoms with E-state index in [1.807, 2.05) is 30.3 Å². The van der Waals surface area contributed by atoms with Gasteiger partial charge < -0.3 is 20.4 Å². The van der Waals surface area contributed by atoms with Gasteiger partial charge in [0, 0.05) is 36.3 Å². The molecule has 47 heavy (non-hydrogen) atoms. The number of nitrogens with one attached hydrogen (secondary N) is 3. The van der Waals surface area contributed by atoms with Crippen LogP contribution in [0, 0.1) is 0 Å². The van der Waals surface area contributed by atoms with Gasteiger partial charge in [0.05, 0.1) is 17.9 Å². The van der Waals surface area contributed by atoms with Crippen LogP contribution in [0.15, 0.2) is 66.9 Å². The maximum atomic E-state index is 16.0. The van der Waals surface area contributed by atoms with Crippen molar-refractivity contribution in [3.63, 3.8) is 0 Å². The van der Waals surface area contributed by atoms with Gasteiger partial charge >= 0.3 is 6.09 Å². The van der Waals surface area contributed by atoms with Gasteiger partial charge in [0.2, 0.25) is 5.91 Å². The summed E-state index contributed by atoms with van der Waals surface area (Å²) in [5, 5.41) is 5.87. The van der Waals surface area contributed by atoms with E-state index in [9.17, 15) is 14.0 Å². The van der Waals surface area contributed by atoms with Gasteiger partial charge in [-0.1, -0.05) is 42.5 Å². The average molecular weight is 644 g/mol. The Kier molecular flexibility index (Phi) is 7.62. The van der Waals surface area contributed by atoms with Gasteiger partial charge in [-0.15, -0.1) is 0 Å². The molecule has 2 fully saturated rings. The first-order valence-electron chi connectivity index (χ1n) is 15.9. The summed E-state index contributed by atoms with van der Waals surface area (Å²) in [5.74, 6) is -3.03. The summed E-state index contributed by atoms with van der Waals surface area (Å²) in [6.07, 6.45) is 1.74. The van der Waals surface area contributed by atoms with Crippen molar-refractivity contribution in [2.45, 2.75) is 69.8 Å². The van der Waals surface area contributed by atoms with Crippen molar-refractivity contribution in [2.24, 2.45) is 0 Å². The van der Waals surface area contributed by atoms with Crippen molar-refractivity contribution in [1.82, 2.24) is 20.2 Å². The van der Waals surface area contributed by atoms with E-state index in [2.05, 4.69) is 20.6 Å². The lowest BCUT2D eigenvalue weighted by Crippen LogP contribution is -2.45. The number of alkyl halides is 3. The highest BCUT2D eigenvalue weighted by Gasteiger charge is 2.45. The highest BCUT2D eigenvalue weighted by molar-refractivity contribution is 5.97. The number of rotatable bonds is 5. The van der Waals surface area contributed by atoms with Crippen LogP contribution in [0.5, 0.6) is 0 Å². The molecule has 3 aromatic carbocycles. The third kappa shape index (κ3) is 5.88. The van der Waals surface area contributed by atoms with Gasteiger partial charge in [-0.3, -0.25) is 9.69 Å². The Morgan fingerprint density at radius 1 is 0.979 bits per heavy atom. The van der Waals surface area contributed by atoms with Crippen LogP contribution in [0.4, 0.5) is 23.7 Å². The van der Waals surface area contributed by atoms with Crippen molar-refractivity contribution in [3.05, 3.63) is 83.8 Å². The number of aromatic nitrogens is 2. The Labute approximate surface area is 270 Å². The molecule has 0 spiro atoms. The van der Waals surface area contributed by atoms with Gasteiger partial charge in [0.15, 0.2) is 0 Å². The third-order valence-electron chi connectivity index (χ3n) is 8.99. The number of hydrogen-bond donors (Lipinski definition) is 3. The quantitative estimate of drug-likeness (QED) is 0.208. The second kappa shape index (κ2) is 11.6. The van der Waals surface area contributed by atoms with E-state index in [1.165, 1.54) is 17.0 Å². The zero-order chi connectivity index (χ0) is 33.1. The minimum Gasteiger partial charge on any atom is -0.444 e. The van der Waals surface area contributed by atoms with Crippen molar-refractivity contribution >= 4 is 17.7 Å². The largest absolute Gasteiger partial charge is 0.444 e. The molecule has 244 valence electrons. The van der Waals surface area contributed by atoms with E-state index in [1.54, 1.807) is 45.2 Å². The van der Waals surface area contributed by atoms with Crippen LogP contribution >= 0.6 is 0 Å². The van der Waals surface area contributed by atoms with Crippen LogP contribution < -0.4 is 10.6 Å². The Morgan fingerprint density at radius 2 is 1.66 bits per heavy atom. The second-order valence-corrected chi connectivity index (χ2v) is 13.5. The lowest BCUT2D eigenvalue weighted by molar-refractivity contribution is -0.120. The first-order chi connectivity index (χ1) is 22.4. The number of carbonyl (C=O) groups is 2. The third-order valence-corrected chi connectivity index (χ3v) is 8.99. The van der Waals surface area contributed by atoms with E-state index in [4.69, 9.17) is 4.74 Å². The van der Waals surface area contributed by atoms with Crippen LogP contribution in [-0.4, -0.2) is 57.8 Å². The van der Waals surface area contributed by atoms with E-state index < -0.39 is 35.7 Å². The lowest BCUT2D eigenvalue weighted by Gasteiger charge is -2.28. The molecule has 2 saturated heterocycles. The minimum atomic E-state index is -3.28. The standard InChI is InChI=1S/C36H36F3N5O3/c1-35(2,3)47-34(46)44-14-4-5-31(44)33(45)42-24-11-13-26-25-12-10-22(15-27(25)36(38,39)28(26)17-24)20-6-8-21(9-7-20)30-19-41-32(43-30)29-16-23(37)18-40-29/h6-13,15,17,19,23,29,31,40H,4-5,14,16,18H2,1-3H3,(H,41,43)(H,42,45). The number of benzene rings is 3. The van der Waals surface area contributed by atoms with E-state index in [0.29, 0.717) is 54.9 Å². The van der Waals surface area contributed by atoms with Gasteiger partial charge in [0.25, 0.3) is 5.92 Å². The number of anilines is 1. The minimum absolute atomic E-state index is 0.0992. The van der Waals surface area contributed by atoms with Crippen molar-refractivity contribution in [2.75, 3.05) is 18.4 Å². The molecule has 2 amide bonds. The van der Waals surface area contributed by atoms with Crippen LogP contribution in [0.2, 0.25) is 0 Å². The molecule has 2 aliphatic heterocycles. The van der Waals surface area contributed by atoms with E-state index in [0.717, 1.165) is 16.8 Å². The molecular formula is C36H36F3N5O3. The molecule has 4 aromatic rings. The fourth-order valence-electron chi connectivity index (χ4n) is 6.69. The normalized spacial score (nSPS) is 21.4. The number of ether oxygens (including phenoxy) is 1. The molecule has 8 nitrogen and oxygen atoms in total. The van der Waals surface area contributed by atoms with Gasteiger partial charge in [-0.2, -0.15) is 8.78 Å². The van der Waals surface area contributed by atoms with Crippen LogP contribution in [0.25, 0.3) is 33.5 Å². The summed E-state index contributed by atoms with van der Waals surface area (Å²) in [7, 11) is 0. The van der Waals surface area contributed by atoms with Crippen LogP contribution in [0.3, 0.4) is 0 Å². The molecule has 11 heteroatoms. The molecular weight excluding hydrogens is 607 g/mol. The molecule has 3 atom stereocenters. The molecule has 3 N–H and O–H groups in total. The van der Waals surface area contributed by atoms with Crippen LogP contribution in [0.1, 0.15) is 63.0 Å². The highest BCUT2D eigenvalue weighted by Crippen LogP contribution is 2.52. The molecule has 3 heterocycles. The lowest BCUT2D eigenvalue weighted by atomic mass is 9.97. The van der Waals surface area contributed by atoms with E-state index in [-0.39, 0.29) is 22.9 Å². The number of hydrogen-bond acceptors (Lipinski definition) is 5. The van der Waals surface area contributed by atoms with Crippen LogP contribution in [-0.2, 0) is 15.5 Å². The maximum absolute atomic E-state index is 16.0. The zero-order valence-electron chi connectivity index (χ0n) is 26.4. The summed E-state index contributed by atoms with van der Waals surface area (Å²) in [4.78, 5) is 34.9. The molecule has 7 rings (SSSR count).